The van der Waals surface area contributed by atoms with E-state index in [9.17, 15) is 13.2 Å². The summed E-state index contributed by atoms with van der Waals surface area (Å²) < 4.78 is 23.2. The maximum Gasteiger partial charge on any atom is 0.234 e. The van der Waals surface area contributed by atoms with Crippen LogP contribution in [0.5, 0.6) is 0 Å². The van der Waals surface area contributed by atoms with Gasteiger partial charge in [-0.2, -0.15) is 5.10 Å². The van der Waals surface area contributed by atoms with Gasteiger partial charge in [-0.25, -0.2) is 8.42 Å². The standard InChI is InChI=1S/C15H24N4O3S/c1-15(5-9-23(21,22)11-15)17-14(20)10-19-7-3-12(4-8-19)13-2-6-16-18-13/h2,6,12H,3-5,7-11H2,1H3,(H,16,18)(H,17,20)/t15-/m1/s1. The second-order valence-electron chi connectivity index (χ2n) is 7.01. The van der Waals surface area contributed by atoms with Gasteiger partial charge >= 0.3 is 0 Å². The maximum atomic E-state index is 12.2. The van der Waals surface area contributed by atoms with Gasteiger partial charge in [-0.1, -0.05) is 0 Å². The highest BCUT2D eigenvalue weighted by Gasteiger charge is 2.39. The molecule has 0 bridgehead atoms. The van der Waals surface area contributed by atoms with Gasteiger partial charge in [-0.05, 0) is 45.3 Å². The first-order valence-corrected chi connectivity index (χ1v) is 9.90. The summed E-state index contributed by atoms with van der Waals surface area (Å²) >= 11 is 0. The molecule has 0 aliphatic carbocycles. The van der Waals surface area contributed by atoms with Crippen LogP contribution >= 0.6 is 0 Å². The van der Waals surface area contributed by atoms with E-state index in [2.05, 4.69) is 20.4 Å². The Morgan fingerprint density at radius 3 is 2.78 bits per heavy atom. The summed E-state index contributed by atoms with van der Waals surface area (Å²) in [7, 11) is -3.00. The van der Waals surface area contributed by atoms with Crippen molar-refractivity contribution in [3.63, 3.8) is 0 Å². The predicted octanol–water partition coefficient (Wildman–Crippen LogP) is 0.283. The van der Waals surface area contributed by atoms with Gasteiger partial charge in [0.2, 0.25) is 5.91 Å². The lowest BCUT2D eigenvalue weighted by Gasteiger charge is -2.32. The van der Waals surface area contributed by atoms with Crippen molar-refractivity contribution < 1.29 is 13.2 Å². The van der Waals surface area contributed by atoms with E-state index >= 15 is 0 Å². The first kappa shape index (κ1) is 16.4. The Morgan fingerprint density at radius 1 is 1.48 bits per heavy atom. The fourth-order valence-electron chi connectivity index (χ4n) is 3.58. The van der Waals surface area contributed by atoms with Gasteiger partial charge in [0.05, 0.1) is 23.6 Å². The van der Waals surface area contributed by atoms with E-state index < -0.39 is 15.4 Å². The fraction of sp³-hybridized carbons (Fsp3) is 0.733. The second kappa shape index (κ2) is 6.24. The molecule has 23 heavy (non-hydrogen) atoms. The van der Waals surface area contributed by atoms with E-state index in [0.29, 0.717) is 18.9 Å². The molecule has 1 amide bonds. The van der Waals surface area contributed by atoms with Crippen molar-refractivity contribution in [1.29, 1.82) is 0 Å². The molecule has 1 aromatic rings. The average molecular weight is 340 g/mol. The van der Waals surface area contributed by atoms with Gasteiger partial charge in [0.1, 0.15) is 0 Å². The molecule has 8 heteroatoms. The quantitative estimate of drug-likeness (QED) is 0.821. The lowest BCUT2D eigenvalue weighted by Crippen LogP contribution is -2.51. The number of carbonyl (C=O) groups excluding carboxylic acids is 1. The van der Waals surface area contributed by atoms with Crippen LogP contribution < -0.4 is 5.32 Å². The highest BCUT2D eigenvalue weighted by atomic mass is 32.2. The molecular formula is C15H24N4O3S. The van der Waals surface area contributed by atoms with E-state index in [1.165, 1.54) is 0 Å². The number of carbonyl (C=O) groups is 1. The highest BCUT2D eigenvalue weighted by molar-refractivity contribution is 7.91. The number of hydrogen-bond acceptors (Lipinski definition) is 5. The van der Waals surface area contributed by atoms with Crippen LogP contribution in [0.15, 0.2) is 12.3 Å². The molecule has 0 unspecified atom stereocenters. The summed E-state index contributed by atoms with van der Waals surface area (Å²) in [6.45, 7) is 3.89. The monoisotopic (exact) mass is 340 g/mol. The van der Waals surface area contributed by atoms with E-state index in [0.717, 1.165) is 31.6 Å². The molecule has 2 fully saturated rings. The molecular weight excluding hydrogens is 316 g/mol. The summed E-state index contributed by atoms with van der Waals surface area (Å²) in [5.41, 5.74) is 0.558. The molecule has 0 saturated carbocycles. The molecule has 3 rings (SSSR count). The first-order valence-electron chi connectivity index (χ1n) is 8.08. The van der Waals surface area contributed by atoms with E-state index in [-0.39, 0.29) is 17.4 Å². The number of nitrogens with one attached hydrogen (secondary N) is 2. The molecule has 3 heterocycles. The second-order valence-corrected chi connectivity index (χ2v) is 9.20. The zero-order chi connectivity index (χ0) is 16.5. The van der Waals surface area contributed by atoms with E-state index in [1.54, 1.807) is 6.20 Å². The third kappa shape index (κ3) is 4.11. The van der Waals surface area contributed by atoms with E-state index in [1.807, 2.05) is 13.0 Å². The van der Waals surface area contributed by atoms with Crippen molar-refractivity contribution in [3.05, 3.63) is 18.0 Å². The number of H-pyrrole nitrogens is 1. The number of aromatic amines is 1. The normalized spacial score (nSPS) is 28.7. The summed E-state index contributed by atoms with van der Waals surface area (Å²) in [6.07, 6.45) is 4.27. The molecule has 2 aliphatic rings. The molecule has 2 aliphatic heterocycles. The number of sulfone groups is 1. The topological polar surface area (TPSA) is 95.2 Å². The molecule has 0 aromatic carbocycles. The average Bonchev–Trinajstić information content (AvgIpc) is 3.08. The van der Waals surface area contributed by atoms with Crippen LogP contribution in [0.3, 0.4) is 0 Å². The van der Waals surface area contributed by atoms with Crippen LogP contribution in [-0.4, -0.2) is 66.1 Å². The Hall–Kier alpha value is -1.41. The molecule has 1 atom stereocenters. The van der Waals surface area contributed by atoms with Gasteiger partial charge in [-0.15, -0.1) is 0 Å². The molecule has 1 aromatic heterocycles. The van der Waals surface area contributed by atoms with Gasteiger partial charge < -0.3 is 5.32 Å². The minimum absolute atomic E-state index is 0.0492. The Balaban J connectivity index is 1.46. The van der Waals surface area contributed by atoms with Crippen LogP contribution in [0.1, 0.15) is 37.8 Å². The lowest BCUT2D eigenvalue weighted by atomic mass is 9.93. The Bertz CT molecular complexity index is 650. The zero-order valence-corrected chi connectivity index (χ0v) is 14.2. The van der Waals surface area contributed by atoms with Crippen molar-refractivity contribution in [1.82, 2.24) is 20.4 Å². The number of hydrogen-bond donors (Lipinski definition) is 2. The Kier molecular flexibility index (Phi) is 4.46. The van der Waals surface area contributed by atoms with Gasteiger partial charge in [0.15, 0.2) is 9.84 Å². The molecule has 128 valence electrons. The molecule has 7 nitrogen and oxygen atoms in total. The summed E-state index contributed by atoms with van der Waals surface area (Å²) in [5, 5.41) is 9.93. The predicted molar refractivity (Wildman–Crippen MR) is 86.8 cm³/mol. The zero-order valence-electron chi connectivity index (χ0n) is 13.4. The summed E-state index contributed by atoms with van der Waals surface area (Å²) in [6, 6.07) is 2.01. The number of nitrogens with zero attached hydrogens (tertiary/aromatic N) is 2. The number of rotatable bonds is 4. The lowest BCUT2D eigenvalue weighted by molar-refractivity contribution is -0.124. The number of piperidine rings is 1. The maximum absolute atomic E-state index is 12.2. The summed E-state index contributed by atoms with van der Waals surface area (Å²) in [4.78, 5) is 14.4. The van der Waals surface area contributed by atoms with Crippen molar-refractivity contribution in [2.24, 2.45) is 0 Å². The number of likely N-dealkylation sites (tertiary alicyclic amines) is 1. The third-order valence-corrected chi connectivity index (χ3v) is 6.76. The summed E-state index contributed by atoms with van der Waals surface area (Å²) in [5.74, 6) is 0.617. The van der Waals surface area contributed by atoms with Crippen LogP contribution in [0.4, 0.5) is 0 Å². The third-order valence-electron chi connectivity index (χ3n) is 4.86. The number of aromatic nitrogens is 2. The van der Waals surface area contributed by atoms with Gasteiger partial charge in [0.25, 0.3) is 0 Å². The van der Waals surface area contributed by atoms with Crippen LogP contribution in [0.25, 0.3) is 0 Å². The minimum Gasteiger partial charge on any atom is -0.349 e. The van der Waals surface area contributed by atoms with Crippen LogP contribution in [0, 0.1) is 0 Å². The fourth-order valence-corrected chi connectivity index (χ4v) is 5.68. The Morgan fingerprint density at radius 2 is 2.22 bits per heavy atom. The molecule has 2 saturated heterocycles. The smallest absolute Gasteiger partial charge is 0.234 e. The van der Waals surface area contributed by atoms with Gasteiger partial charge in [0, 0.05) is 17.8 Å². The van der Waals surface area contributed by atoms with E-state index in [4.69, 9.17) is 0 Å². The molecule has 0 spiro atoms. The first-order chi connectivity index (χ1) is 10.9. The molecule has 2 N–H and O–H groups in total. The van der Waals surface area contributed by atoms with Crippen molar-refractivity contribution >= 4 is 15.7 Å². The SMILES string of the molecule is C[C@@]1(NC(=O)CN2CCC(c3ccn[nH]3)CC2)CCS(=O)(=O)C1. The van der Waals surface area contributed by atoms with Crippen LogP contribution in [0.2, 0.25) is 0 Å². The van der Waals surface area contributed by atoms with Crippen LogP contribution in [-0.2, 0) is 14.6 Å². The van der Waals surface area contributed by atoms with Crippen molar-refractivity contribution in [3.8, 4) is 0 Å². The highest BCUT2D eigenvalue weighted by Crippen LogP contribution is 2.26. The Labute approximate surface area is 136 Å². The number of amides is 1. The minimum atomic E-state index is -3.00. The molecule has 0 radical (unpaired) electrons. The van der Waals surface area contributed by atoms with Gasteiger partial charge in [-0.3, -0.25) is 14.8 Å². The van der Waals surface area contributed by atoms with Crippen molar-refractivity contribution in [2.45, 2.75) is 37.6 Å². The van der Waals surface area contributed by atoms with Crippen molar-refractivity contribution in [2.75, 3.05) is 31.1 Å². The largest absolute Gasteiger partial charge is 0.349 e.